The number of phosphoric ester groups is 1. The zero-order valence-corrected chi connectivity index (χ0v) is 25.4. The fourth-order valence-electron chi connectivity index (χ4n) is 4.27. The third-order valence-electron chi connectivity index (χ3n) is 6.59. The Kier molecular flexibility index (Phi) is 29.0. The van der Waals surface area contributed by atoms with E-state index in [0.717, 1.165) is 19.3 Å². The number of hydrogen-bond acceptors (Lipinski definition) is 6. The lowest BCUT2D eigenvalue weighted by atomic mass is 10.1. The van der Waals surface area contributed by atoms with Crippen molar-refractivity contribution in [1.29, 1.82) is 0 Å². The molecular formula is C29H62NO6P. The van der Waals surface area contributed by atoms with Gasteiger partial charge >= 0.3 is 7.82 Å². The van der Waals surface area contributed by atoms with Gasteiger partial charge in [0.15, 0.2) is 0 Å². The molecule has 0 saturated heterocycles. The molecule has 0 rings (SSSR count). The van der Waals surface area contributed by atoms with E-state index in [2.05, 4.69) is 13.8 Å². The molecule has 0 fully saturated rings. The molecule has 0 aromatic carbocycles. The molecule has 224 valence electrons. The van der Waals surface area contributed by atoms with E-state index >= 15 is 0 Å². The molecule has 8 heteroatoms. The third-order valence-corrected chi connectivity index (χ3v) is 7.58. The van der Waals surface area contributed by atoms with Gasteiger partial charge in [-0.25, -0.2) is 4.57 Å². The van der Waals surface area contributed by atoms with Crippen molar-refractivity contribution in [3.8, 4) is 0 Å². The van der Waals surface area contributed by atoms with E-state index in [1.165, 1.54) is 109 Å². The van der Waals surface area contributed by atoms with Crippen LogP contribution in [0.5, 0.6) is 0 Å². The lowest BCUT2D eigenvalue weighted by Gasteiger charge is -2.20. The highest BCUT2D eigenvalue weighted by molar-refractivity contribution is 7.47. The Hall–Kier alpha value is -0.0100. The number of ether oxygens (including phenoxy) is 2. The fraction of sp³-hybridized carbons (Fsp3) is 1.00. The lowest BCUT2D eigenvalue weighted by Crippen LogP contribution is -2.26. The van der Waals surface area contributed by atoms with E-state index in [1.807, 2.05) is 0 Å². The van der Waals surface area contributed by atoms with Crippen molar-refractivity contribution in [3.05, 3.63) is 0 Å². The molecule has 0 saturated carbocycles. The lowest BCUT2D eigenvalue weighted by molar-refractivity contribution is -0.0443. The van der Waals surface area contributed by atoms with Gasteiger partial charge in [-0.1, -0.05) is 129 Å². The maximum absolute atomic E-state index is 12.0. The predicted octanol–water partition coefficient (Wildman–Crippen LogP) is 8.32. The normalized spacial score (nSPS) is 14.2. The Labute approximate surface area is 229 Å². The van der Waals surface area contributed by atoms with Crippen molar-refractivity contribution in [3.63, 3.8) is 0 Å². The molecule has 0 aromatic heterocycles. The first-order valence-corrected chi connectivity index (χ1v) is 17.1. The highest BCUT2D eigenvalue weighted by atomic mass is 31.2. The first-order chi connectivity index (χ1) is 18.1. The van der Waals surface area contributed by atoms with Gasteiger partial charge in [0.2, 0.25) is 0 Å². The van der Waals surface area contributed by atoms with Crippen molar-refractivity contribution >= 4 is 7.82 Å². The minimum atomic E-state index is -4.12. The number of nitrogens with two attached hydrogens (primary N) is 1. The molecule has 0 aromatic rings. The van der Waals surface area contributed by atoms with Gasteiger partial charge in [-0.15, -0.1) is 0 Å². The van der Waals surface area contributed by atoms with Crippen LogP contribution in [-0.2, 0) is 23.1 Å². The van der Waals surface area contributed by atoms with Crippen LogP contribution in [0.3, 0.4) is 0 Å². The SMILES string of the molecule is CCCCCCCCCCCCOCC(COP(=O)(O)OCCN)OCCCCCCCCCCCC. The quantitative estimate of drug-likeness (QED) is 0.0660. The average Bonchev–Trinajstić information content (AvgIpc) is 2.89. The highest BCUT2D eigenvalue weighted by Crippen LogP contribution is 2.43. The highest BCUT2D eigenvalue weighted by Gasteiger charge is 2.23. The van der Waals surface area contributed by atoms with Gasteiger partial charge in [-0.2, -0.15) is 0 Å². The summed E-state index contributed by atoms with van der Waals surface area (Å²) in [5, 5.41) is 0. The standard InChI is InChI=1S/C29H62NO6P/c1-3-5-7-9-11-13-15-17-19-21-24-33-27-29(28-36-37(31,32)35-26-23-30)34-25-22-20-18-16-14-12-10-8-6-4-2/h29H,3-28,30H2,1-2H3,(H,31,32). The van der Waals surface area contributed by atoms with Crippen LogP contribution < -0.4 is 5.73 Å². The zero-order chi connectivity index (χ0) is 27.3. The van der Waals surface area contributed by atoms with Crippen molar-refractivity contribution in [1.82, 2.24) is 0 Å². The van der Waals surface area contributed by atoms with Gasteiger partial charge in [0.05, 0.1) is 19.8 Å². The summed E-state index contributed by atoms with van der Waals surface area (Å²) >= 11 is 0. The molecular weight excluding hydrogens is 489 g/mol. The topological polar surface area (TPSA) is 100 Å². The molecule has 0 amide bonds. The third kappa shape index (κ3) is 28.8. The molecule has 0 heterocycles. The Morgan fingerprint density at radius 2 is 1.03 bits per heavy atom. The minimum absolute atomic E-state index is 0.0207. The summed E-state index contributed by atoms with van der Waals surface area (Å²) in [6, 6.07) is 0. The summed E-state index contributed by atoms with van der Waals surface area (Å²) in [7, 11) is -4.12. The average molecular weight is 552 g/mol. The minimum Gasteiger partial charge on any atom is -0.379 e. The first-order valence-electron chi connectivity index (χ1n) is 15.6. The summed E-state index contributed by atoms with van der Waals surface area (Å²) in [6.45, 7) is 6.25. The molecule has 0 spiro atoms. The van der Waals surface area contributed by atoms with E-state index < -0.39 is 7.82 Å². The monoisotopic (exact) mass is 551 g/mol. The molecule has 0 aliphatic heterocycles. The van der Waals surface area contributed by atoms with E-state index in [9.17, 15) is 9.46 Å². The van der Waals surface area contributed by atoms with Gasteiger partial charge in [0.25, 0.3) is 0 Å². The van der Waals surface area contributed by atoms with Crippen molar-refractivity contribution in [2.24, 2.45) is 5.73 Å². The number of hydrogen-bond donors (Lipinski definition) is 2. The molecule has 0 radical (unpaired) electrons. The maximum atomic E-state index is 12.0. The second-order valence-corrected chi connectivity index (χ2v) is 11.8. The molecule has 37 heavy (non-hydrogen) atoms. The number of unbranched alkanes of at least 4 members (excludes halogenated alkanes) is 18. The Balaban J connectivity index is 3.99. The summed E-state index contributed by atoms with van der Waals surface area (Å²) < 4.78 is 33.7. The summed E-state index contributed by atoms with van der Waals surface area (Å²) in [5.74, 6) is 0. The van der Waals surface area contributed by atoms with Crippen LogP contribution >= 0.6 is 7.82 Å². The van der Waals surface area contributed by atoms with E-state index in [0.29, 0.717) is 19.8 Å². The van der Waals surface area contributed by atoms with Crippen molar-refractivity contribution in [2.75, 3.05) is 39.6 Å². The zero-order valence-electron chi connectivity index (χ0n) is 24.5. The van der Waals surface area contributed by atoms with E-state index in [-0.39, 0.29) is 25.9 Å². The van der Waals surface area contributed by atoms with Crippen LogP contribution in [0.1, 0.15) is 142 Å². The summed E-state index contributed by atoms with van der Waals surface area (Å²) in [4.78, 5) is 9.79. The van der Waals surface area contributed by atoms with E-state index in [1.54, 1.807) is 0 Å². The van der Waals surface area contributed by atoms with Gasteiger partial charge in [-0.3, -0.25) is 9.05 Å². The number of rotatable bonds is 31. The van der Waals surface area contributed by atoms with Crippen LogP contribution in [0.2, 0.25) is 0 Å². The molecule has 7 nitrogen and oxygen atoms in total. The molecule has 2 atom stereocenters. The van der Waals surface area contributed by atoms with Gasteiger partial charge in [-0.05, 0) is 12.8 Å². The van der Waals surface area contributed by atoms with Crippen LogP contribution in [0.25, 0.3) is 0 Å². The van der Waals surface area contributed by atoms with Crippen LogP contribution in [0, 0.1) is 0 Å². The molecule has 0 aliphatic carbocycles. The molecule has 3 N–H and O–H groups in total. The first kappa shape index (κ1) is 37.0. The van der Waals surface area contributed by atoms with Crippen LogP contribution in [0.15, 0.2) is 0 Å². The van der Waals surface area contributed by atoms with Crippen molar-refractivity contribution in [2.45, 2.75) is 148 Å². The van der Waals surface area contributed by atoms with Gasteiger partial charge in [0, 0.05) is 19.8 Å². The fourth-order valence-corrected chi connectivity index (χ4v) is 5.04. The van der Waals surface area contributed by atoms with Crippen molar-refractivity contribution < 1.29 is 28.0 Å². The smallest absolute Gasteiger partial charge is 0.379 e. The van der Waals surface area contributed by atoms with Crippen LogP contribution in [0.4, 0.5) is 0 Å². The predicted molar refractivity (Wildman–Crippen MR) is 155 cm³/mol. The maximum Gasteiger partial charge on any atom is 0.472 e. The Bertz CT molecular complexity index is 497. The summed E-state index contributed by atoms with van der Waals surface area (Å²) in [5.41, 5.74) is 5.34. The Morgan fingerprint density at radius 3 is 1.49 bits per heavy atom. The molecule has 0 aliphatic rings. The second-order valence-electron chi connectivity index (χ2n) is 10.3. The summed E-state index contributed by atoms with van der Waals surface area (Å²) in [6.07, 6.45) is 25.2. The van der Waals surface area contributed by atoms with Gasteiger partial charge in [0.1, 0.15) is 6.10 Å². The largest absolute Gasteiger partial charge is 0.472 e. The van der Waals surface area contributed by atoms with Crippen LogP contribution in [-0.4, -0.2) is 50.6 Å². The Morgan fingerprint density at radius 1 is 0.595 bits per heavy atom. The van der Waals surface area contributed by atoms with Gasteiger partial charge < -0.3 is 20.1 Å². The van der Waals surface area contributed by atoms with E-state index in [4.69, 9.17) is 24.3 Å². The number of phosphoric acid groups is 1. The molecule has 0 bridgehead atoms. The second kappa shape index (κ2) is 29.0. The molecule has 2 unspecified atom stereocenters.